The normalized spacial score (nSPS) is 13.3. The van der Waals surface area contributed by atoms with Gasteiger partial charge < -0.3 is 24.6 Å². The number of hydrogen-bond acceptors (Lipinski definition) is 6. The average molecular weight is 433 g/mol. The van der Waals surface area contributed by atoms with Crippen LogP contribution < -0.4 is 14.8 Å². The number of benzene rings is 3. The number of carbonyl (C=O) groups is 2. The van der Waals surface area contributed by atoms with E-state index in [0.717, 1.165) is 5.56 Å². The van der Waals surface area contributed by atoms with Gasteiger partial charge >= 0.3 is 5.97 Å². The Kier molecular flexibility index (Phi) is 6.09. The number of carbonyl (C=O) groups excluding carboxylic acids is 2. The van der Waals surface area contributed by atoms with Crippen molar-refractivity contribution in [3.8, 4) is 11.5 Å². The van der Waals surface area contributed by atoms with Crippen molar-refractivity contribution in [3.63, 3.8) is 0 Å². The molecule has 2 N–H and O–H groups in total. The van der Waals surface area contributed by atoms with Crippen LogP contribution in [0.2, 0.25) is 0 Å². The third kappa shape index (κ3) is 4.29. The van der Waals surface area contributed by atoms with Crippen LogP contribution in [0.4, 0.5) is 0 Å². The molecule has 1 unspecified atom stereocenters. The van der Waals surface area contributed by atoms with Crippen LogP contribution in [0.15, 0.2) is 78.9 Å². The first-order valence-electron chi connectivity index (χ1n) is 10.2. The molecule has 7 heteroatoms. The summed E-state index contributed by atoms with van der Waals surface area (Å²) in [6, 6.07) is 22.0. The minimum absolute atomic E-state index is 0.168. The number of esters is 1. The fourth-order valence-electron chi connectivity index (χ4n) is 3.55. The molecule has 3 aromatic carbocycles. The standard InChI is InChI=1S/C25H23NO6/c1-17(18-12-13-21-22(14-18)32-16-31-21)26-23(27)15-30-24(28)25(29,19-8-4-2-5-9-19)20-10-6-3-7-11-20/h2-14,17,29H,15-16H2,1H3,(H,26,27). The van der Waals surface area contributed by atoms with E-state index in [9.17, 15) is 14.7 Å². The second-order valence-electron chi connectivity index (χ2n) is 7.42. The van der Waals surface area contributed by atoms with Gasteiger partial charge in [0, 0.05) is 0 Å². The van der Waals surface area contributed by atoms with Crippen LogP contribution in [0.3, 0.4) is 0 Å². The predicted octanol–water partition coefficient (Wildman–Crippen LogP) is 3.07. The SMILES string of the molecule is CC(NC(=O)COC(=O)C(O)(c1ccccc1)c1ccccc1)c1ccc2c(c1)OCO2. The Morgan fingerprint density at radius 1 is 0.969 bits per heavy atom. The number of fused-ring (bicyclic) bond motifs is 1. The summed E-state index contributed by atoms with van der Waals surface area (Å²) in [5.74, 6) is -0.152. The Morgan fingerprint density at radius 3 is 2.19 bits per heavy atom. The smallest absolute Gasteiger partial charge is 0.348 e. The van der Waals surface area contributed by atoms with E-state index in [-0.39, 0.29) is 12.8 Å². The molecule has 1 amide bonds. The molecule has 0 spiro atoms. The highest BCUT2D eigenvalue weighted by atomic mass is 16.7. The van der Waals surface area contributed by atoms with Gasteiger partial charge in [-0.05, 0) is 35.7 Å². The summed E-state index contributed by atoms with van der Waals surface area (Å²) in [4.78, 5) is 25.4. The lowest BCUT2D eigenvalue weighted by Crippen LogP contribution is -2.40. The lowest BCUT2D eigenvalue weighted by molar-refractivity contribution is -0.164. The summed E-state index contributed by atoms with van der Waals surface area (Å²) < 4.78 is 15.9. The number of rotatable bonds is 7. The second kappa shape index (κ2) is 9.11. The molecule has 164 valence electrons. The van der Waals surface area contributed by atoms with Gasteiger partial charge in [0.2, 0.25) is 12.4 Å². The van der Waals surface area contributed by atoms with Crippen LogP contribution >= 0.6 is 0 Å². The zero-order valence-electron chi connectivity index (χ0n) is 17.5. The van der Waals surface area contributed by atoms with E-state index >= 15 is 0 Å². The fourth-order valence-corrected chi connectivity index (χ4v) is 3.55. The van der Waals surface area contributed by atoms with Gasteiger partial charge in [-0.1, -0.05) is 66.7 Å². The molecular weight excluding hydrogens is 410 g/mol. The minimum atomic E-state index is -2.04. The lowest BCUT2D eigenvalue weighted by Gasteiger charge is -2.27. The Morgan fingerprint density at radius 2 is 1.56 bits per heavy atom. The molecule has 1 aliphatic rings. The molecule has 1 heterocycles. The zero-order chi connectivity index (χ0) is 22.6. The highest BCUT2D eigenvalue weighted by Crippen LogP contribution is 2.34. The van der Waals surface area contributed by atoms with Crippen molar-refractivity contribution >= 4 is 11.9 Å². The van der Waals surface area contributed by atoms with Crippen LogP contribution in [0.25, 0.3) is 0 Å². The number of hydrogen-bond donors (Lipinski definition) is 2. The molecule has 0 saturated carbocycles. The molecule has 0 bridgehead atoms. The number of amides is 1. The molecule has 0 saturated heterocycles. The third-order valence-electron chi connectivity index (χ3n) is 5.29. The van der Waals surface area contributed by atoms with E-state index in [1.807, 2.05) is 13.0 Å². The Balaban J connectivity index is 1.43. The van der Waals surface area contributed by atoms with Gasteiger partial charge in [0.1, 0.15) is 0 Å². The average Bonchev–Trinajstić information content (AvgIpc) is 3.31. The van der Waals surface area contributed by atoms with E-state index < -0.39 is 24.1 Å². The van der Waals surface area contributed by atoms with Crippen molar-refractivity contribution in [1.82, 2.24) is 5.32 Å². The first kappa shape index (κ1) is 21.4. The maximum absolute atomic E-state index is 13.0. The van der Waals surface area contributed by atoms with Gasteiger partial charge in [-0.2, -0.15) is 0 Å². The highest BCUT2D eigenvalue weighted by Gasteiger charge is 2.41. The number of ether oxygens (including phenoxy) is 3. The predicted molar refractivity (Wildman–Crippen MR) is 116 cm³/mol. The Bertz CT molecular complexity index is 1060. The molecule has 7 nitrogen and oxygen atoms in total. The highest BCUT2D eigenvalue weighted by molar-refractivity contribution is 5.88. The number of aliphatic hydroxyl groups is 1. The van der Waals surface area contributed by atoms with E-state index in [1.54, 1.807) is 72.8 Å². The van der Waals surface area contributed by atoms with Gasteiger partial charge in [-0.25, -0.2) is 4.79 Å². The summed E-state index contributed by atoms with van der Waals surface area (Å²) in [6.07, 6.45) is 0. The first-order valence-corrected chi connectivity index (χ1v) is 10.2. The Hall–Kier alpha value is -3.84. The van der Waals surface area contributed by atoms with Crippen molar-refractivity contribution in [2.24, 2.45) is 0 Å². The van der Waals surface area contributed by atoms with Gasteiger partial charge in [-0.3, -0.25) is 4.79 Å². The van der Waals surface area contributed by atoms with Crippen molar-refractivity contribution in [1.29, 1.82) is 0 Å². The van der Waals surface area contributed by atoms with Crippen molar-refractivity contribution in [3.05, 3.63) is 95.6 Å². The molecule has 32 heavy (non-hydrogen) atoms. The molecule has 1 aliphatic heterocycles. The topological polar surface area (TPSA) is 94.1 Å². The van der Waals surface area contributed by atoms with Crippen LogP contribution in [0, 0.1) is 0 Å². The van der Waals surface area contributed by atoms with E-state index in [4.69, 9.17) is 14.2 Å². The van der Waals surface area contributed by atoms with Gasteiger partial charge in [-0.15, -0.1) is 0 Å². The fraction of sp³-hybridized carbons (Fsp3) is 0.200. The molecule has 3 aromatic rings. The summed E-state index contributed by atoms with van der Waals surface area (Å²) in [6.45, 7) is 1.44. The van der Waals surface area contributed by atoms with Crippen molar-refractivity contribution in [2.75, 3.05) is 13.4 Å². The summed E-state index contributed by atoms with van der Waals surface area (Å²) in [5, 5.41) is 14.1. The van der Waals surface area contributed by atoms with Crippen LogP contribution in [-0.2, 0) is 19.9 Å². The Labute approximate surface area is 185 Å². The summed E-state index contributed by atoms with van der Waals surface area (Å²) >= 11 is 0. The van der Waals surface area contributed by atoms with E-state index in [1.165, 1.54) is 0 Å². The summed E-state index contributed by atoms with van der Waals surface area (Å²) in [7, 11) is 0. The quantitative estimate of drug-likeness (QED) is 0.556. The zero-order valence-corrected chi connectivity index (χ0v) is 17.5. The van der Waals surface area contributed by atoms with Crippen LogP contribution in [0.5, 0.6) is 11.5 Å². The van der Waals surface area contributed by atoms with Gasteiger partial charge in [0.15, 0.2) is 18.1 Å². The second-order valence-corrected chi connectivity index (χ2v) is 7.42. The monoisotopic (exact) mass is 433 g/mol. The third-order valence-corrected chi connectivity index (χ3v) is 5.29. The maximum Gasteiger partial charge on any atom is 0.348 e. The molecule has 0 radical (unpaired) electrons. The molecule has 0 aromatic heterocycles. The van der Waals surface area contributed by atoms with Gasteiger partial charge in [0.25, 0.3) is 5.91 Å². The van der Waals surface area contributed by atoms with Crippen molar-refractivity contribution < 1.29 is 28.9 Å². The molecular formula is C25H23NO6. The largest absolute Gasteiger partial charge is 0.454 e. The maximum atomic E-state index is 13.0. The molecule has 1 atom stereocenters. The summed E-state index contributed by atoms with van der Waals surface area (Å²) in [5.41, 5.74) is -0.513. The van der Waals surface area contributed by atoms with Crippen LogP contribution in [-0.4, -0.2) is 30.4 Å². The van der Waals surface area contributed by atoms with E-state index in [0.29, 0.717) is 22.6 Å². The lowest BCUT2D eigenvalue weighted by atomic mass is 9.86. The van der Waals surface area contributed by atoms with Crippen LogP contribution in [0.1, 0.15) is 29.7 Å². The molecule has 0 fully saturated rings. The number of nitrogens with one attached hydrogen (secondary N) is 1. The van der Waals surface area contributed by atoms with Gasteiger partial charge in [0.05, 0.1) is 6.04 Å². The van der Waals surface area contributed by atoms with E-state index in [2.05, 4.69) is 5.32 Å². The molecule has 0 aliphatic carbocycles. The minimum Gasteiger partial charge on any atom is -0.454 e. The van der Waals surface area contributed by atoms with Crippen molar-refractivity contribution in [2.45, 2.75) is 18.6 Å². The molecule has 4 rings (SSSR count). The first-order chi connectivity index (χ1) is 15.5.